The summed E-state index contributed by atoms with van der Waals surface area (Å²) >= 11 is 5.27. The van der Waals surface area contributed by atoms with Crippen molar-refractivity contribution in [3.8, 4) is 23.0 Å². The number of phenolic OH excluding ortho intramolecular Hbond substituents is 2. The van der Waals surface area contributed by atoms with Crippen LogP contribution in [0, 0.1) is 0 Å². The van der Waals surface area contributed by atoms with Gasteiger partial charge in [0.25, 0.3) is 6.47 Å². The van der Waals surface area contributed by atoms with Crippen molar-refractivity contribution in [1.82, 2.24) is 0 Å². The van der Waals surface area contributed by atoms with Crippen LogP contribution in [0.25, 0.3) is 21.5 Å². The maximum Gasteiger partial charge on any atom is 1.00 e. The number of alkyl halides is 1. The van der Waals surface area contributed by atoms with Crippen molar-refractivity contribution in [2.45, 2.75) is 44.0 Å². The van der Waals surface area contributed by atoms with E-state index in [1.54, 1.807) is 12.2 Å². The smallest absolute Gasteiger partial charge is 1.00 e. The Bertz CT molecular complexity index is 1760. The number of hydrogen-bond acceptors (Lipinski definition) is 10. The van der Waals surface area contributed by atoms with Gasteiger partial charge in [-0.3, -0.25) is 4.79 Å². The molecule has 2 N–H and O–H groups in total. The third-order valence-corrected chi connectivity index (χ3v) is 8.62. The topological polar surface area (TPSA) is 146 Å². The zero-order chi connectivity index (χ0) is 38.2. The Hall–Kier alpha value is -1.57. The van der Waals surface area contributed by atoms with Crippen LogP contribution < -0.4 is 118 Å². The van der Waals surface area contributed by atoms with Crippen LogP contribution in [0.4, 0.5) is 0 Å². The predicted molar refractivity (Wildman–Crippen MR) is 206 cm³/mol. The normalized spacial score (nSPS) is 16.7. The van der Waals surface area contributed by atoms with Crippen LogP contribution in [0.15, 0.2) is 99.2 Å². The summed E-state index contributed by atoms with van der Waals surface area (Å²) in [6.45, 7) is 18.5. The number of fused-ring (bicyclic) bond motifs is 2. The molecule has 0 spiro atoms. The van der Waals surface area contributed by atoms with Gasteiger partial charge in [0.05, 0.1) is 31.8 Å². The molecule has 0 aliphatic carbocycles. The van der Waals surface area contributed by atoms with Crippen molar-refractivity contribution < 1.29 is 153 Å². The molecule has 0 bridgehead atoms. The van der Waals surface area contributed by atoms with Gasteiger partial charge in [-0.15, -0.1) is 37.9 Å². The van der Waals surface area contributed by atoms with E-state index in [1.807, 2.05) is 36.4 Å². The number of phenols is 2. The Balaban J connectivity index is 0.000000454. The van der Waals surface area contributed by atoms with E-state index in [1.165, 1.54) is 0 Å². The van der Waals surface area contributed by atoms with Crippen molar-refractivity contribution in [3.05, 3.63) is 121 Å². The quantitative estimate of drug-likeness (QED) is 0.0316. The van der Waals surface area contributed by atoms with Crippen molar-refractivity contribution >= 4 is 39.6 Å². The third kappa shape index (κ3) is 15.6. The van der Waals surface area contributed by atoms with Gasteiger partial charge < -0.3 is 45.5 Å². The van der Waals surface area contributed by atoms with Crippen LogP contribution in [-0.2, 0) is 49.6 Å². The van der Waals surface area contributed by atoms with Crippen LogP contribution in [0.5, 0.6) is 23.0 Å². The second-order valence-corrected chi connectivity index (χ2v) is 12.6. The monoisotopic (exact) mass is 824 g/mol. The van der Waals surface area contributed by atoms with E-state index in [0.29, 0.717) is 48.8 Å². The van der Waals surface area contributed by atoms with E-state index >= 15 is 0 Å². The van der Waals surface area contributed by atoms with Crippen LogP contribution in [0.3, 0.4) is 0 Å². The first kappa shape index (κ1) is 49.6. The Kier molecular flexibility index (Phi) is 23.8. The maximum absolute atomic E-state index is 10.1. The van der Waals surface area contributed by atoms with Crippen LogP contribution >= 0.6 is 11.6 Å². The van der Waals surface area contributed by atoms with Gasteiger partial charge in [0.15, 0.2) is 0 Å². The van der Waals surface area contributed by atoms with Crippen LogP contribution in [0.2, 0.25) is 0 Å². The second-order valence-electron chi connectivity index (χ2n) is 12.3. The molecule has 3 saturated heterocycles. The average Bonchev–Trinajstić information content (AvgIpc) is 4.02. The summed E-state index contributed by atoms with van der Waals surface area (Å²) in [4.78, 5) is 11.2. The number of carbonyl (C=O) groups is 1. The fourth-order valence-corrected chi connectivity index (χ4v) is 5.54. The van der Waals surface area contributed by atoms with Crippen molar-refractivity contribution in [3.63, 3.8) is 0 Å². The van der Waals surface area contributed by atoms with Gasteiger partial charge in [-0.05, 0) is 47.9 Å². The zero-order valence-corrected chi connectivity index (χ0v) is 38.7. The molecule has 55 heavy (non-hydrogen) atoms. The molecule has 284 valence electrons. The number of ether oxygens (including phenoxy) is 5. The van der Waals surface area contributed by atoms with Gasteiger partial charge in [-0.2, -0.15) is 0 Å². The number of halogens is 1. The van der Waals surface area contributed by atoms with Crippen molar-refractivity contribution in [2.24, 2.45) is 0 Å². The van der Waals surface area contributed by atoms with Crippen molar-refractivity contribution in [2.75, 3.05) is 38.9 Å². The minimum absolute atomic E-state index is 0. The molecule has 3 fully saturated rings. The predicted octanol–water partition coefficient (Wildman–Crippen LogP) is 0.739. The van der Waals surface area contributed by atoms with E-state index in [0.717, 1.165) is 77.2 Å². The molecule has 3 unspecified atom stereocenters. The average molecular weight is 825 g/mol. The zero-order valence-electron chi connectivity index (χ0n) is 32.7. The Morgan fingerprint density at radius 1 is 0.636 bits per heavy atom. The first-order chi connectivity index (χ1) is 25.8. The molecule has 0 saturated carbocycles. The fraction of sp³-hybridized carbons (Fsp3) is 0.310. The van der Waals surface area contributed by atoms with Crippen LogP contribution in [0.1, 0.15) is 23.7 Å². The molecular formula is C42H47ClK2O10. The summed E-state index contributed by atoms with van der Waals surface area (Å²) in [6.07, 6.45) is 10.8. The van der Waals surface area contributed by atoms with Crippen molar-refractivity contribution in [1.29, 1.82) is 0 Å². The fourth-order valence-electron chi connectivity index (χ4n) is 5.36. The van der Waals surface area contributed by atoms with Gasteiger partial charge in [-0.25, -0.2) is 0 Å². The molecular weight excluding hydrogens is 778 g/mol. The largest absolute Gasteiger partial charge is 1.00 e. The molecule has 7 rings (SSSR count). The Labute approximate surface area is 414 Å². The van der Waals surface area contributed by atoms with E-state index in [2.05, 4.69) is 55.5 Å². The molecule has 3 aliphatic rings. The van der Waals surface area contributed by atoms with E-state index < -0.39 is 0 Å². The SMILES string of the molecule is C=CCc1ccc2c(O)c(CC=C)ccc2c1O.C=CCc1ccc2c(OCC3CO3)c(CC=C)ccc2c1OCC1CO1.ClCC1CO1.O=CO[O-].[H-].[K+].[K+]. The summed E-state index contributed by atoms with van der Waals surface area (Å²) in [6, 6.07) is 15.7. The number of hydrogen-bond donors (Lipinski definition) is 2. The minimum atomic E-state index is -0.181. The molecule has 0 aromatic heterocycles. The van der Waals surface area contributed by atoms with E-state index in [-0.39, 0.29) is 134 Å². The number of carbonyl (C=O) groups excluding carboxylic acids is 1. The molecule has 3 atom stereocenters. The maximum atomic E-state index is 10.1. The number of allylic oxidation sites excluding steroid dienone is 4. The number of rotatable bonds is 16. The Morgan fingerprint density at radius 3 is 1.22 bits per heavy atom. The molecule has 4 aromatic carbocycles. The summed E-state index contributed by atoms with van der Waals surface area (Å²) in [5.41, 5.74) is 3.88. The summed E-state index contributed by atoms with van der Waals surface area (Å²) in [7, 11) is 0. The summed E-state index contributed by atoms with van der Waals surface area (Å²) < 4.78 is 27.6. The van der Waals surface area contributed by atoms with Crippen LogP contribution in [-0.4, -0.2) is 73.9 Å². The number of epoxide rings is 3. The molecule has 4 aromatic rings. The molecule has 0 radical (unpaired) electrons. The van der Waals surface area contributed by atoms with Gasteiger partial charge in [0.2, 0.25) is 0 Å². The number of aromatic hydroxyl groups is 2. The molecule has 3 aliphatic heterocycles. The molecule has 3 heterocycles. The third-order valence-electron chi connectivity index (χ3n) is 8.28. The molecule has 0 amide bonds. The first-order valence-corrected chi connectivity index (χ1v) is 17.7. The number of benzene rings is 4. The van der Waals surface area contributed by atoms with Gasteiger partial charge in [0, 0.05) is 21.5 Å². The Morgan fingerprint density at radius 2 is 0.945 bits per heavy atom. The van der Waals surface area contributed by atoms with Gasteiger partial charge >= 0.3 is 103 Å². The standard InChI is InChI=1S/C22H24O4.C16H16O2.C3H5ClO.CH2O3.2K.H/c1-3-5-15-7-9-20-19(21(15)25-13-17-11-23-17)10-8-16(6-4-2)22(20)26-14-18-12-24-18;1-3-5-11-7-9-14-13(15(11)17)10-8-12(6-4-2)16(14)18;4-1-3-2-5-3;2-1-4-3;;;/h3-4,7-10,17-18H,1-2,5-6,11-14H2;3-4,7-10,17-18H,1-2,5-6H2;3H,1-2H2;1,3H;;;/q;;;;2*+1;-1/p-1. The van der Waals surface area contributed by atoms with E-state index in [4.69, 9.17) is 45.3 Å². The second kappa shape index (κ2) is 26.4. The molecule has 13 heteroatoms. The summed E-state index contributed by atoms with van der Waals surface area (Å²) in [5.74, 6) is 2.90. The van der Waals surface area contributed by atoms with Gasteiger partial charge in [0.1, 0.15) is 48.4 Å². The summed E-state index contributed by atoms with van der Waals surface area (Å²) in [5, 5.41) is 32.2. The van der Waals surface area contributed by atoms with E-state index in [9.17, 15) is 10.2 Å². The first-order valence-electron chi connectivity index (χ1n) is 17.2. The molecule has 10 nitrogen and oxygen atoms in total. The van der Waals surface area contributed by atoms with Gasteiger partial charge in [-0.1, -0.05) is 72.8 Å². The minimum Gasteiger partial charge on any atom is -1.00 e.